The lowest BCUT2D eigenvalue weighted by Gasteiger charge is -2.47. The molecule has 1 rings (SSSR count). The number of aliphatic carboxylic acids is 1. The second kappa shape index (κ2) is 7.72. The molecule has 1 amide bonds. The van der Waals surface area contributed by atoms with E-state index in [0.717, 1.165) is 6.92 Å². The number of aliphatic hydroxyl groups excluding tert-OH is 4. The van der Waals surface area contributed by atoms with Crippen molar-refractivity contribution in [2.75, 3.05) is 6.61 Å². The van der Waals surface area contributed by atoms with Crippen LogP contribution in [0.25, 0.3) is 10.4 Å². The number of amides is 1. The highest BCUT2D eigenvalue weighted by molar-refractivity contribution is 5.77. The zero-order valence-electron chi connectivity index (χ0n) is 12.4. The summed E-state index contributed by atoms with van der Waals surface area (Å²) in [5.41, 5.74) is 8.50. The number of aliphatic hydroxyl groups is 5. The van der Waals surface area contributed by atoms with Gasteiger partial charge in [0.1, 0.15) is 24.4 Å². The molecule has 0 aliphatic carbocycles. The Balaban J connectivity index is 3.36. The third-order valence-electron chi connectivity index (χ3n) is 3.53. The summed E-state index contributed by atoms with van der Waals surface area (Å²) in [6.45, 7) is 0.0917. The maximum atomic E-state index is 11.3. The highest BCUT2D eigenvalue weighted by atomic mass is 16.7. The van der Waals surface area contributed by atoms with E-state index in [9.17, 15) is 30.0 Å². The highest BCUT2D eigenvalue weighted by Gasteiger charge is 2.60. The molecule has 0 spiro atoms. The van der Waals surface area contributed by atoms with Crippen LogP contribution in [-0.2, 0) is 14.3 Å². The molecule has 1 fully saturated rings. The van der Waals surface area contributed by atoms with Crippen molar-refractivity contribution >= 4 is 11.9 Å². The van der Waals surface area contributed by atoms with Crippen molar-refractivity contribution in [1.82, 2.24) is 5.32 Å². The van der Waals surface area contributed by atoms with Crippen molar-refractivity contribution in [1.29, 1.82) is 0 Å². The molecule has 7 N–H and O–H groups in total. The van der Waals surface area contributed by atoms with Crippen LogP contribution in [0.2, 0.25) is 0 Å². The molecule has 0 saturated carbocycles. The number of carbonyl (C=O) groups is 2. The van der Waals surface area contributed by atoms with Crippen molar-refractivity contribution in [2.45, 2.75) is 49.2 Å². The number of carboxylic acids is 1. The van der Waals surface area contributed by atoms with Crippen LogP contribution < -0.4 is 5.32 Å². The molecule has 0 aromatic carbocycles. The monoisotopic (exact) mass is 350 g/mol. The van der Waals surface area contributed by atoms with Gasteiger partial charge < -0.3 is 40.7 Å². The van der Waals surface area contributed by atoms with Crippen LogP contribution in [0.5, 0.6) is 0 Å². The molecule has 0 aromatic heterocycles. The Hall–Kier alpha value is -1.99. The Bertz CT molecular complexity index is 540. The van der Waals surface area contributed by atoms with Gasteiger partial charge in [-0.05, 0) is 5.53 Å². The van der Waals surface area contributed by atoms with Crippen LogP contribution in [0.15, 0.2) is 5.11 Å². The topological polar surface area (TPSA) is 226 Å². The van der Waals surface area contributed by atoms with E-state index in [4.69, 9.17) is 20.5 Å². The molecular formula is C11H18N4O9. The summed E-state index contributed by atoms with van der Waals surface area (Å²) in [5.74, 6) is -5.99. The summed E-state index contributed by atoms with van der Waals surface area (Å²) in [5, 5.41) is 63.0. The molecule has 0 aromatic rings. The first-order valence-corrected chi connectivity index (χ1v) is 6.70. The van der Waals surface area contributed by atoms with E-state index in [0.29, 0.717) is 0 Å². The molecule has 1 aliphatic rings. The van der Waals surface area contributed by atoms with Gasteiger partial charge in [0.25, 0.3) is 5.79 Å². The Morgan fingerprint density at radius 1 is 1.46 bits per heavy atom. The maximum Gasteiger partial charge on any atom is 0.364 e. The van der Waals surface area contributed by atoms with E-state index in [2.05, 4.69) is 15.3 Å². The van der Waals surface area contributed by atoms with Crippen molar-refractivity contribution in [3.8, 4) is 0 Å². The average Bonchev–Trinajstić information content (AvgIpc) is 2.52. The van der Waals surface area contributed by atoms with Gasteiger partial charge in [0.2, 0.25) is 5.91 Å². The lowest BCUT2D eigenvalue weighted by atomic mass is 9.85. The summed E-state index contributed by atoms with van der Waals surface area (Å²) in [6, 6.07) is -3.61. The molecule has 24 heavy (non-hydrogen) atoms. The van der Waals surface area contributed by atoms with E-state index < -0.39 is 60.8 Å². The van der Waals surface area contributed by atoms with Gasteiger partial charge >= 0.3 is 5.97 Å². The number of nitrogens with zero attached hydrogens (tertiary/aromatic N) is 3. The van der Waals surface area contributed by atoms with Crippen molar-refractivity contribution in [2.24, 2.45) is 5.11 Å². The van der Waals surface area contributed by atoms with Crippen LogP contribution >= 0.6 is 0 Å². The number of hydrogen-bond acceptors (Lipinski definition) is 9. The molecule has 1 heterocycles. The number of hydrogen-bond donors (Lipinski definition) is 7. The Morgan fingerprint density at radius 2 is 2.04 bits per heavy atom. The molecule has 13 nitrogen and oxygen atoms in total. The molecule has 0 radical (unpaired) electrons. The molecule has 2 unspecified atom stereocenters. The van der Waals surface area contributed by atoms with Crippen LogP contribution in [0.1, 0.15) is 6.92 Å². The first kappa shape index (κ1) is 20.1. The Labute approximate surface area is 134 Å². The minimum absolute atomic E-state index is 0.723. The fraction of sp³-hybridized carbons (Fsp3) is 0.818. The van der Waals surface area contributed by atoms with Crippen molar-refractivity contribution < 1.29 is 45.0 Å². The van der Waals surface area contributed by atoms with E-state index >= 15 is 0 Å². The van der Waals surface area contributed by atoms with Crippen molar-refractivity contribution in [3.63, 3.8) is 0 Å². The van der Waals surface area contributed by atoms with Gasteiger partial charge in [0.05, 0.1) is 18.8 Å². The summed E-state index contributed by atoms with van der Waals surface area (Å²) < 4.78 is 4.86. The van der Waals surface area contributed by atoms with Crippen LogP contribution in [0, 0.1) is 0 Å². The van der Waals surface area contributed by atoms with E-state index in [1.807, 2.05) is 0 Å². The van der Waals surface area contributed by atoms with Crippen molar-refractivity contribution in [3.05, 3.63) is 10.4 Å². The number of ether oxygens (including phenoxy) is 1. The third kappa shape index (κ3) is 3.73. The number of carboxylic acid groups (broad SMARTS) is 1. The summed E-state index contributed by atoms with van der Waals surface area (Å²) >= 11 is 0. The molecule has 1 saturated heterocycles. The summed E-state index contributed by atoms with van der Waals surface area (Å²) in [6.07, 6.45) is -7.63. The Kier molecular flexibility index (Phi) is 6.45. The zero-order chi connectivity index (χ0) is 18.7. The molecular weight excluding hydrogens is 332 g/mol. The molecule has 136 valence electrons. The SMILES string of the molecule is CC(=O)N[C@@H]1[C@@H](O)C(N=[N+]=[N-])[C@](O)(C(=O)O)O[C@H]1C(O)[C@H](O)CO. The van der Waals surface area contributed by atoms with Gasteiger partial charge in [-0.25, -0.2) is 4.79 Å². The first-order valence-electron chi connectivity index (χ1n) is 6.70. The van der Waals surface area contributed by atoms with Gasteiger partial charge in [-0.3, -0.25) is 4.79 Å². The van der Waals surface area contributed by atoms with Gasteiger partial charge in [-0.15, -0.1) is 0 Å². The standard InChI is InChI=1S/C11H18N4O9/c1-3(17)13-5-7(20)9(14-15-12)11(23,10(21)22)24-8(5)6(19)4(18)2-16/h4-9,16,18-20,23H,2H2,1H3,(H,13,17)(H,21,22)/t4-,5-,6?,7-,8-,9?,11-/m1/s1. The Morgan fingerprint density at radius 3 is 2.46 bits per heavy atom. The number of azide groups is 1. The van der Waals surface area contributed by atoms with Gasteiger partial charge in [0, 0.05) is 11.8 Å². The first-order chi connectivity index (χ1) is 11.1. The van der Waals surface area contributed by atoms with E-state index in [1.54, 1.807) is 0 Å². The largest absolute Gasteiger partial charge is 0.477 e. The minimum atomic E-state index is -3.23. The summed E-state index contributed by atoms with van der Waals surface area (Å²) in [7, 11) is 0. The van der Waals surface area contributed by atoms with Crippen LogP contribution in [0.3, 0.4) is 0 Å². The van der Waals surface area contributed by atoms with E-state index in [1.165, 1.54) is 0 Å². The lowest BCUT2D eigenvalue weighted by molar-refractivity contribution is -0.302. The minimum Gasteiger partial charge on any atom is -0.477 e. The second-order valence-electron chi connectivity index (χ2n) is 5.19. The smallest absolute Gasteiger partial charge is 0.364 e. The number of rotatable bonds is 6. The zero-order valence-corrected chi connectivity index (χ0v) is 12.4. The predicted molar refractivity (Wildman–Crippen MR) is 73.1 cm³/mol. The van der Waals surface area contributed by atoms with Gasteiger partial charge in [-0.2, -0.15) is 0 Å². The molecule has 7 atom stereocenters. The average molecular weight is 350 g/mol. The van der Waals surface area contributed by atoms with E-state index in [-0.39, 0.29) is 0 Å². The quantitative estimate of drug-likeness (QED) is 0.142. The maximum absolute atomic E-state index is 11.3. The second-order valence-corrected chi connectivity index (χ2v) is 5.19. The number of carbonyl (C=O) groups excluding carboxylic acids is 1. The third-order valence-corrected chi connectivity index (χ3v) is 3.53. The summed E-state index contributed by atoms with van der Waals surface area (Å²) in [4.78, 5) is 24.9. The molecule has 13 heteroatoms. The lowest BCUT2D eigenvalue weighted by Crippen LogP contribution is -2.73. The fourth-order valence-electron chi connectivity index (χ4n) is 2.36. The van der Waals surface area contributed by atoms with Crippen LogP contribution in [0.4, 0.5) is 0 Å². The van der Waals surface area contributed by atoms with Gasteiger partial charge in [-0.1, -0.05) is 5.11 Å². The normalized spacial score (nSPS) is 35.4. The predicted octanol–water partition coefficient (Wildman–Crippen LogP) is -3.58. The molecule has 1 aliphatic heterocycles. The molecule has 0 bridgehead atoms. The van der Waals surface area contributed by atoms with Crippen LogP contribution in [-0.4, -0.2) is 91.4 Å². The fourth-order valence-corrected chi connectivity index (χ4v) is 2.36. The number of nitrogens with one attached hydrogen (secondary N) is 1. The highest BCUT2D eigenvalue weighted by Crippen LogP contribution is 2.33. The van der Waals surface area contributed by atoms with Gasteiger partial charge in [0.15, 0.2) is 0 Å².